The van der Waals surface area contributed by atoms with Crippen molar-refractivity contribution >= 4 is 43.9 Å². The van der Waals surface area contributed by atoms with Crippen molar-refractivity contribution in [1.29, 1.82) is 0 Å². The third-order valence-corrected chi connectivity index (χ3v) is 7.40. The topological polar surface area (TPSA) is 130 Å². The highest BCUT2D eigenvalue weighted by molar-refractivity contribution is 7.91. The van der Waals surface area contributed by atoms with Crippen molar-refractivity contribution in [2.45, 2.75) is 17.7 Å². The minimum absolute atomic E-state index is 0.0353. The lowest BCUT2D eigenvalue weighted by Crippen LogP contribution is -2.47. The van der Waals surface area contributed by atoms with Crippen LogP contribution in [0.5, 0.6) is 0 Å². The zero-order chi connectivity index (χ0) is 21.9. The van der Waals surface area contributed by atoms with Crippen molar-refractivity contribution in [3.63, 3.8) is 0 Å². The molecule has 0 radical (unpaired) electrons. The highest BCUT2D eigenvalue weighted by Gasteiger charge is 2.24. The van der Waals surface area contributed by atoms with Crippen molar-refractivity contribution in [3.05, 3.63) is 57.8 Å². The molecule has 12 heteroatoms. The van der Waals surface area contributed by atoms with Crippen LogP contribution in [0.15, 0.2) is 50.8 Å². The lowest BCUT2D eigenvalue weighted by atomic mass is 10.1. The van der Waals surface area contributed by atoms with Gasteiger partial charge in [-0.25, -0.2) is 13.1 Å². The molecule has 2 amide bonds. The van der Waals surface area contributed by atoms with Gasteiger partial charge in [-0.3, -0.25) is 25.2 Å². The van der Waals surface area contributed by atoms with Crippen molar-refractivity contribution in [2.24, 2.45) is 0 Å². The van der Waals surface area contributed by atoms with E-state index in [-0.39, 0.29) is 22.0 Å². The summed E-state index contributed by atoms with van der Waals surface area (Å²) in [6, 6.07) is 9.55. The van der Waals surface area contributed by atoms with Crippen LogP contribution in [0.1, 0.15) is 17.4 Å². The van der Waals surface area contributed by atoms with Gasteiger partial charge in [0.1, 0.15) is 4.21 Å². The predicted molar refractivity (Wildman–Crippen MR) is 111 cm³/mol. The summed E-state index contributed by atoms with van der Waals surface area (Å²) in [5, 5.41) is 6.36. The third kappa shape index (κ3) is 4.25. The van der Waals surface area contributed by atoms with E-state index in [9.17, 15) is 22.8 Å². The molecule has 2 N–H and O–H groups in total. The lowest BCUT2D eigenvalue weighted by molar-refractivity contribution is -0.121. The number of carbonyl (C=O) groups is 2. The van der Waals surface area contributed by atoms with Gasteiger partial charge in [0.25, 0.3) is 27.4 Å². The van der Waals surface area contributed by atoms with Crippen LogP contribution in [0.2, 0.25) is 0 Å². The number of likely N-dealkylation sites (N-methyl/N-ethyl adjacent to an activating group) is 1. The molecule has 0 bridgehead atoms. The Morgan fingerprint density at radius 3 is 2.47 bits per heavy atom. The Hall–Kier alpha value is -3.09. The molecule has 0 aliphatic heterocycles. The summed E-state index contributed by atoms with van der Waals surface area (Å²) in [6.45, 7) is 1.49. The van der Waals surface area contributed by atoms with Gasteiger partial charge in [-0.2, -0.15) is 9.40 Å². The normalized spacial score (nSPS) is 11.6. The first-order chi connectivity index (χ1) is 14.3. The van der Waals surface area contributed by atoms with Gasteiger partial charge in [0, 0.05) is 19.0 Å². The van der Waals surface area contributed by atoms with E-state index in [2.05, 4.69) is 16.0 Å². The summed E-state index contributed by atoms with van der Waals surface area (Å²) in [5.74, 6) is -1.47. The van der Waals surface area contributed by atoms with E-state index in [4.69, 9.17) is 0 Å². The second kappa shape index (κ2) is 8.73. The molecule has 3 rings (SSSR count). The molecule has 0 atom stereocenters. The number of rotatable bonds is 6. The summed E-state index contributed by atoms with van der Waals surface area (Å²) in [5.41, 5.74) is 4.04. The monoisotopic (exact) mass is 449 g/mol. The van der Waals surface area contributed by atoms with Crippen LogP contribution in [-0.2, 0) is 21.4 Å². The van der Waals surface area contributed by atoms with Gasteiger partial charge in [-0.05, 0) is 24.4 Å². The molecule has 3 aromatic rings. The quantitative estimate of drug-likeness (QED) is 0.529. The van der Waals surface area contributed by atoms with Crippen molar-refractivity contribution in [1.82, 2.24) is 24.9 Å². The number of thiophene rings is 1. The number of hydrogen-bond donors (Lipinski definition) is 2. The van der Waals surface area contributed by atoms with E-state index in [1.165, 1.54) is 13.1 Å². The van der Waals surface area contributed by atoms with Gasteiger partial charge in [-0.15, -0.1) is 11.3 Å². The van der Waals surface area contributed by atoms with Crippen LogP contribution in [-0.4, -0.2) is 47.9 Å². The molecule has 10 nitrogen and oxygen atoms in total. The Bertz CT molecular complexity index is 1250. The number of hydrazine groups is 1. The summed E-state index contributed by atoms with van der Waals surface area (Å²) in [4.78, 5) is 37.1. The van der Waals surface area contributed by atoms with Gasteiger partial charge >= 0.3 is 0 Å². The second-order valence-corrected chi connectivity index (χ2v) is 9.43. The predicted octanol–water partition coefficient (Wildman–Crippen LogP) is 0.560. The molecule has 30 heavy (non-hydrogen) atoms. The lowest BCUT2D eigenvalue weighted by Gasteiger charge is -2.16. The molecule has 0 fully saturated rings. The maximum atomic E-state index is 12.6. The van der Waals surface area contributed by atoms with Gasteiger partial charge in [0.05, 0.1) is 11.9 Å². The summed E-state index contributed by atoms with van der Waals surface area (Å²) in [6.07, 6.45) is 0. The van der Waals surface area contributed by atoms with E-state index in [1.54, 1.807) is 42.6 Å². The number of aromatic nitrogens is 2. The number of sulfonamides is 1. The fourth-order valence-corrected chi connectivity index (χ4v) is 5.02. The molecule has 0 aliphatic rings. The zero-order valence-electron chi connectivity index (χ0n) is 16.2. The minimum Gasteiger partial charge on any atom is -0.272 e. The fourth-order valence-electron chi connectivity index (χ4n) is 2.69. The van der Waals surface area contributed by atoms with E-state index in [0.717, 1.165) is 20.3 Å². The van der Waals surface area contributed by atoms with Gasteiger partial charge in [0.2, 0.25) is 0 Å². The van der Waals surface area contributed by atoms with Crippen molar-refractivity contribution in [3.8, 4) is 0 Å². The van der Waals surface area contributed by atoms with Crippen LogP contribution in [0.3, 0.4) is 0 Å². The highest BCUT2D eigenvalue weighted by Crippen LogP contribution is 2.19. The van der Waals surface area contributed by atoms with Crippen LogP contribution < -0.4 is 16.4 Å². The van der Waals surface area contributed by atoms with E-state index < -0.39 is 28.4 Å². The number of aryl methyl sites for hydroxylation is 1. The Morgan fingerprint density at radius 1 is 1.13 bits per heavy atom. The number of amides is 2. The molecule has 2 heterocycles. The third-order valence-electron chi connectivity index (χ3n) is 4.22. The van der Waals surface area contributed by atoms with Gasteiger partial charge in [0.15, 0.2) is 5.69 Å². The first kappa shape index (κ1) is 21.6. The van der Waals surface area contributed by atoms with E-state index >= 15 is 0 Å². The maximum absolute atomic E-state index is 12.6. The maximum Gasteiger partial charge on any atom is 0.290 e. The molecule has 2 aromatic heterocycles. The molecular formula is C18H19N5O5S2. The smallest absolute Gasteiger partial charge is 0.272 e. The summed E-state index contributed by atoms with van der Waals surface area (Å²) < 4.78 is 26.9. The average Bonchev–Trinajstić information content (AvgIpc) is 3.28. The fraction of sp³-hybridized carbons (Fsp3) is 0.222. The largest absolute Gasteiger partial charge is 0.290 e. The highest BCUT2D eigenvalue weighted by atomic mass is 32.2. The number of nitrogens with one attached hydrogen (secondary N) is 2. The number of hydrogen-bond acceptors (Lipinski definition) is 7. The zero-order valence-corrected chi connectivity index (χ0v) is 17.8. The Balaban J connectivity index is 1.72. The van der Waals surface area contributed by atoms with Crippen LogP contribution in [0.4, 0.5) is 0 Å². The summed E-state index contributed by atoms with van der Waals surface area (Å²) >= 11 is 1.04. The first-order valence-electron chi connectivity index (χ1n) is 8.84. The number of nitrogens with zero attached hydrogens (tertiary/aromatic N) is 3. The van der Waals surface area contributed by atoms with Crippen molar-refractivity contribution in [2.75, 3.05) is 13.6 Å². The molecule has 0 saturated heterocycles. The van der Waals surface area contributed by atoms with E-state index in [0.29, 0.717) is 10.8 Å². The molecule has 158 valence electrons. The second-order valence-electron chi connectivity index (χ2n) is 6.21. The molecule has 1 aromatic carbocycles. The van der Waals surface area contributed by atoms with Crippen LogP contribution in [0.25, 0.3) is 10.8 Å². The van der Waals surface area contributed by atoms with E-state index in [1.807, 2.05) is 0 Å². The summed E-state index contributed by atoms with van der Waals surface area (Å²) in [7, 11) is -2.53. The van der Waals surface area contributed by atoms with Crippen LogP contribution >= 0.6 is 11.3 Å². The standard InChI is InChI=1S/C18H19N5O5S2/c1-3-23-18(26)13-8-5-4-7-12(13)16(21-23)17(25)20-19-14(24)11-22(2)30(27,28)15-9-6-10-29-15/h4-10H,3,11H2,1-2H3,(H,19,24)(H,20,25). The Kier molecular flexibility index (Phi) is 6.29. The molecule has 0 unspecified atom stereocenters. The number of fused-ring (bicyclic) bond motifs is 1. The Morgan fingerprint density at radius 2 is 1.83 bits per heavy atom. The van der Waals surface area contributed by atoms with Crippen molar-refractivity contribution < 1.29 is 18.0 Å². The SMILES string of the molecule is CCn1nc(C(=O)NNC(=O)CN(C)S(=O)(=O)c2cccs2)c2ccccc2c1=O. The Labute approximate surface area is 176 Å². The molecule has 0 saturated carbocycles. The van der Waals surface area contributed by atoms with Gasteiger partial charge in [-0.1, -0.05) is 24.3 Å². The van der Waals surface area contributed by atoms with Crippen LogP contribution in [0, 0.1) is 0 Å². The molecule has 0 aliphatic carbocycles. The average molecular weight is 450 g/mol. The first-order valence-corrected chi connectivity index (χ1v) is 11.2. The van der Waals surface area contributed by atoms with Gasteiger partial charge < -0.3 is 0 Å². The minimum atomic E-state index is -3.80. The number of benzene rings is 1. The number of carbonyl (C=O) groups excluding carboxylic acids is 2. The molecule has 0 spiro atoms. The molecular weight excluding hydrogens is 430 g/mol.